The van der Waals surface area contributed by atoms with Crippen molar-refractivity contribution in [1.29, 1.82) is 0 Å². The maximum absolute atomic E-state index is 14.7. The van der Waals surface area contributed by atoms with Gasteiger partial charge in [0, 0.05) is 18.5 Å². The molecule has 0 saturated carbocycles. The van der Waals surface area contributed by atoms with Crippen LogP contribution in [-0.2, 0) is 32.6 Å². The Hall–Kier alpha value is -4.63. The SMILES string of the molecule is CCOc1ccc(N(CC(=O)N(Cc2ccccc2C)C(Cc2ccccc2)C(=O)NC(C)(C)C)S(=O)(=O)c2ccc(C)cc2)cc1. The van der Waals surface area contributed by atoms with Gasteiger partial charge in [-0.2, -0.15) is 0 Å². The van der Waals surface area contributed by atoms with Gasteiger partial charge in [-0.3, -0.25) is 13.9 Å². The number of nitrogens with one attached hydrogen (secondary N) is 1. The predicted molar refractivity (Wildman–Crippen MR) is 187 cm³/mol. The lowest BCUT2D eigenvalue weighted by Gasteiger charge is -2.35. The first-order chi connectivity index (χ1) is 22.3. The van der Waals surface area contributed by atoms with Crippen molar-refractivity contribution in [1.82, 2.24) is 10.2 Å². The molecule has 0 spiro atoms. The summed E-state index contributed by atoms with van der Waals surface area (Å²) in [5, 5.41) is 3.06. The van der Waals surface area contributed by atoms with Gasteiger partial charge in [-0.1, -0.05) is 72.3 Å². The van der Waals surface area contributed by atoms with Crippen LogP contribution in [0.1, 0.15) is 49.9 Å². The van der Waals surface area contributed by atoms with Crippen LogP contribution in [0.5, 0.6) is 5.75 Å². The molecule has 0 saturated heterocycles. The molecule has 4 aromatic rings. The molecule has 0 radical (unpaired) electrons. The second-order valence-corrected chi connectivity index (χ2v) is 14.5. The summed E-state index contributed by atoms with van der Waals surface area (Å²) in [6, 6.07) is 29.4. The molecule has 47 heavy (non-hydrogen) atoms. The van der Waals surface area contributed by atoms with Gasteiger partial charge < -0.3 is 15.0 Å². The van der Waals surface area contributed by atoms with Crippen molar-refractivity contribution in [3.8, 4) is 5.75 Å². The zero-order valence-corrected chi connectivity index (χ0v) is 28.9. The standard InChI is InChI=1S/C38H45N3O5S/c1-7-46-33-21-19-32(20-22-33)41(47(44,45)34-23-17-28(2)18-24-34)27-36(42)40(26-31-16-12-11-13-29(31)3)35(37(43)39-38(4,5)6)25-30-14-9-8-10-15-30/h8-24,35H,7,25-27H2,1-6H3,(H,39,43). The number of nitrogens with zero attached hydrogens (tertiary/aromatic N) is 2. The summed E-state index contributed by atoms with van der Waals surface area (Å²) in [6.45, 7) is 11.4. The molecular formula is C38H45N3O5S. The summed E-state index contributed by atoms with van der Waals surface area (Å²) < 4.78 is 35.2. The highest BCUT2D eigenvalue weighted by Crippen LogP contribution is 2.27. The van der Waals surface area contributed by atoms with E-state index in [2.05, 4.69) is 5.32 Å². The third-order valence-electron chi connectivity index (χ3n) is 7.69. The molecule has 1 unspecified atom stereocenters. The van der Waals surface area contributed by atoms with E-state index < -0.39 is 34.1 Å². The average molecular weight is 656 g/mol. The summed E-state index contributed by atoms with van der Waals surface area (Å²) in [7, 11) is -4.19. The molecule has 9 heteroatoms. The number of sulfonamides is 1. The minimum atomic E-state index is -4.19. The van der Waals surface area contributed by atoms with Gasteiger partial charge in [-0.05, 0) is 94.6 Å². The lowest BCUT2D eigenvalue weighted by molar-refractivity contribution is -0.140. The zero-order chi connectivity index (χ0) is 34.2. The van der Waals surface area contributed by atoms with Crippen LogP contribution >= 0.6 is 0 Å². The van der Waals surface area contributed by atoms with Gasteiger partial charge in [0.1, 0.15) is 18.3 Å². The first-order valence-electron chi connectivity index (χ1n) is 15.8. The number of amides is 2. The van der Waals surface area contributed by atoms with Crippen LogP contribution in [0.15, 0.2) is 108 Å². The summed E-state index contributed by atoms with van der Waals surface area (Å²) in [5.41, 5.74) is 3.33. The fourth-order valence-corrected chi connectivity index (χ4v) is 6.63. The minimum Gasteiger partial charge on any atom is -0.494 e. The average Bonchev–Trinajstić information content (AvgIpc) is 3.02. The molecule has 0 aromatic heterocycles. The second kappa shape index (κ2) is 15.3. The van der Waals surface area contributed by atoms with Gasteiger partial charge in [0.15, 0.2) is 0 Å². The number of rotatable bonds is 13. The molecule has 2 amide bonds. The molecule has 0 fully saturated rings. The Bertz CT molecular complexity index is 1750. The van der Waals surface area contributed by atoms with E-state index in [0.717, 1.165) is 26.6 Å². The number of carbonyl (C=O) groups is 2. The van der Waals surface area contributed by atoms with Gasteiger partial charge in [0.2, 0.25) is 11.8 Å². The van der Waals surface area contributed by atoms with E-state index in [9.17, 15) is 18.0 Å². The van der Waals surface area contributed by atoms with Gasteiger partial charge in [0.05, 0.1) is 17.2 Å². The van der Waals surface area contributed by atoms with Crippen molar-refractivity contribution < 1.29 is 22.7 Å². The molecule has 1 atom stereocenters. The third-order valence-corrected chi connectivity index (χ3v) is 9.48. The monoisotopic (exact) mass is 655 g/mol. The summed E-state index contributed by atoms with van der Waals surface area (Å²) in [5.74, 6) is -0.252. The fraction of sp³-hybridized carbons (Fsp3) is 0.316. The van der Waals surface area contributed by atoms with E-state index in [0.29, 0.717) is 18.0 Å². The summed E-state index contributed by atoms with van der Waals surface area (Å²) in [4.78, 5) is 30.3. The first-order valence-corrected chi connectivity index (χ1v) is 17.2. The van der Waals surface area contributed by atoms with Crippen LogP contribution in [0.2, 0.25) is 0 Å². The van der Waals surface area contributed by atoms with Gasteiger partial charge in [-0.25, -0.2) is 8.42 Å². The number of aryl methyl sites for hydroxylation is 2. The van der Waals surface area contributed by atoms with E-state index in [4.69, 9.17) is 4.74 Å². The van der Waals surface area contributed by atoms with Crippen LogP contribution in [0.4, 0.5) is 5.69 Å². The van der Waals surface area contributed by atoms with Gasteiger partial charge in [-0.15, -0.1) is 0 Å². The number of benzene rings is 4. The van der Waals surface area contributed by atoms with Crippen LogP contribution < -0.4 is 14.4 Å². The van der Waals surface area contributed by atoms with Crippen LogP contribution in [-0.4, -0.2) is 49.9 Å². The topological polar surface area (TPSA) is 96.0 Å². The number of carbonyl (C=O) groups excluding carboxylic acids is 2. The van der Waals surface area contributed by atoms with E-state index in [1.54, 1.807) is 36.4 Å². The maximum Gasteiger partial charge on any atom is 0.264 e. The lowest BCUT2D eigenvalue weighted by atomic mass is 10.00. The van der Waals surface area contributed by atoms with Gasteiger partial charge >= 0.3 is 0 Å². The highest BCUT2D eigenvalue weighted by atomic mass is 32.2. The largest absolute Gasteiger partial charge is 0.494 e. The smallest absolute Gasteiger partial charge is 0.264 e. The normalized spacial score (nSPS) is 12.2. The summed E-state index contributed by atoms with van der Waals surface area (Å²) >= 11 is 0. The van der Waals surface area contributed by atoms with Crippen LogP contribution in [0, 0.1) is 13.8 Å². The van der Waals surface area contributed by atoms with Crippen molar-refractivity contribution in [3.63, 3.8) is 0 Å². The molecule has 4 rings (SSSR count). The number of anilines is 1. The first kappa shape index (κ1) is 35.2. The Balaban J connectivity index is 1.82. The van der Waals surface area contributed by atoms with Crippen molar-refractivity contribution in [2.24, 2.45) is 0 Å². The Morgan fingerprint density at radius 2 is 1.45 bits per heavy atom. The molecule has 0 heterocycles. The maximum atomic E-state index is 14.7. The van der Waals surface area contributed by atoms with Crippen molar-refractivity contribution in [3.05, 3.63) is 125 Å². The Morgan fingerprint density at radius 3 is 2.04 bits per heavy atom. The Kier molecular flexibility index (Phi) is 11.5. The molecular weight excluding hydrogens is 611 g/mol. The predicted octanol–water partition coefficient (Wildman–Crippen LogP) is 6.45. The molecule has 0 aliphatic carbocycles. The van der Waals surface area contributed by atoms with Gasteiger partial charge in [0.25, 0.3) is 10.0 Å². The molecule has 248 valence electrons. The minimum absolute atomic E-state index is 0.0570. The van der Waals surface area contributed by atoms with E-state index >= 15 is 0 Å². The summed E-state index contributed by atoms with van der Waals surface area (Å²) in [6.07, 6.45) is 0.244. The highest BCUT2D eigenvalue weighted by molar-refractivity contribution is 7.92. The second-order valence-electron chi connectivity index (χ2n) is 12.6. The quantitative estimate of drug-likeness (QED) is 0.179. The number of hydrogen-bond acceptors (Lipinski definition) is 5. The number of hydrogen-bond donors (Lipinski definition) is 1. The fourth-order valence-electron chi connectivity index (χ4n) is 5.22. The molecule has 0 aliphatic rings. The van der Waals surface area contributed by atoms with Crippen LogP contribution in [0.25, 0.3) is 0 Å². The van der Waals surface area contributed by atoms with Crippen molar-refractivity contribution in [2.75, 3.05) is 17.5 Å². The van der Waals surface area contributed by atoms with Crippen molar-refractivity contribution in [2.45, 2.75) is 71.0 Å². The van der Waals surface area contributed by atoms with Crippen molar-refractivity contribution >= 4 is 27.5 Å². The number of ether oxygens (including phenoxy) is 1. The van der Waals surface area contributed by atoms with E-state index in [1.807, 2.05) is 96.1 Å². The molecule has 8 nitrogen and oxygen atoms in total. The lowest BCUT2D eigenvalue weighted by Crippen LogP contribution is -2.56. The molecule has 0 aliphatic heterocycles. The third kappa shape index (κ3) is 9.45. The Labute approximate surface area is 279 Å². The molecule has 1 N–H and O–H groups in total. The zero-order valence-electron chi connectivity index (χ0n) is 28.1. The highest BCUT2D eigenvalue weighted by Gasteiger charge is 2.35. The molecule has 0 bridgehead atoms. The van der Waals surface area contributed by atoms with Crippen LogP contribution in [0.3, 0.4) is 0 Å². The molecule has 4 aromatic carbocycles. The Morgan fingerprint density at radius 1 is 0.830 bits per heavy atom. The van der Waals surface area contributed by atoms with E-state index in [1.165, 1.54) is 17.0 Å². The van der Waals surface area contributed by atoms with E-state index in [-0.39, 0.29) is 23.8 Å².